The number of nitrogens with one attached hydrogen (secondary N) is 1. The summed E-state index contributed by atoms with van der Waals surface area (Å²) in [4.78, 5) is 16.7. The highest BCUT2D eigenvalue weighted by atomic mass is 35.5. The van der Waals surface area contributed by atoms with Crippen LogP contribution in [0, 0.1) is 0 Å². The third-order valence-electron chi connectivity index (χ3n) is 3.71. The topological polar surface area (TPSA) is 46.9 Å². The van der Waals surface area contributed by atoms with Gasteiger partial charge in [0.15, 0.2) is 0 Å². The molecule has 0 unspecified atom stereocenters. The van der Waals surface area contributed by atoms with Gasteiger partial charge in [0.1, 0.15) is 0 Å². The second-order valence-corrected chi connectivity index (χ2v) is 5.62. The Balaban J connectivity index is 1.77. The van der Waals surface area contributed by atoms with Crippen LogP contribution in [0.25, 0.3) is 17.1 Å². The third kappa shape index (κ3) is 2.18. The molecule has 3 aromatic rings. The largest absolute Gasteiger partial charge is 0.305 e. The monoisotopic (exact) mass is 309 g/mol. The number of carbonyl (C=O) groups is 1. The molecule has 2 aromatic carbocycles. The SMILES string of the molecule is O=C1Nc2nc3ccccc3n2C/C1=C\c1ccc(Cl)cc1. The van der Waals surface area contributed by atoms with Crippen molar-refractivity contribution in [3.05, 3.63) is 64.7 Å². The van der Waals surface area contributed by atoms with Crippen molar-refractivity contribution in [3.63, 3.8) is 0 Å². The van der Waals surface area contributed by atoms with Crippen LogP contribution in [0.15, 0.2) is 54.1 Å². The summed E-state index contributed by atoms with van der Waals surface area (Å²) in [5.41, 5.74) is 3.53. The van der Waals surface area contributed by atoms with E-state index < -0.39 is 0 Å². The van der Waals surface area contributed by atoms with Gasteiger partial charge in [0.2, 0.25) is 5.95 Å². The molecule has 0 bridgehead atoms. The van der Waals surface area contributed by atoms with E-state index in [1.165, 1.54) is 0 Å². The highest BCUT2D eigenvalue weighted by molar-refractivity contribution is 6.30. The summed E-state index contributed by atoms with van der Waals surface area (Å²) in [5.74, 6) is 0.484. The number of amides is 1. The molecule has 0 spiro atoms. The first-order valence-corrected chi connectivity index (χ1v) is 7.31. The van der Waals surface area contributed by atoms with E-state index in [2.05, 4.69) is 10.3 Å². The molecule has 0 atom stereocenters. The number of hydrogen-bond donors (Lipinski definition) is 1. The quantitative estimate of drug-likeness (QED) is 0.696. The lowest BCUT2D eigenvalue weighted by molar-refractivity contribution is -0.113. The zero-order valence-electron chi connectivity index (χ0n) is 11.6. The van der Waals surface area contributed by atoms with Gasteiger partial charge in [0, 0.05) is 10.6 Å². The highest BCUT2D eigenvalue weighted by Crippen LogP contribution is 2.26. The molecule has 1 aromatic heterocycles. The third-order valence-corrected chi connectivity index (χ3v) is 3.96. The molecule has 1 N–H and O–H groups in total. The molecule has 1 amide bonds. The zero-order valence-corrected chi connectivity index (χ0v) is 12.3. The summed E-state index contributed by atoms with van der Waals surface area (Å²) in [6.07, 6.45) is 1.88. The predicted molar refractivity (Wildman–Crippen MR) is 87.8 cm³/mol. The number of halogens is 1. The summed E-state index contributed by atoms with van der Waals surface area (Å²) in [5, 5.41) is 3.53. The maximum absolute atomic E-state index is 12.2. The van der Waals surface area contributed by atoms with Gasteiger partial charge in [0.25, 0.3) is 5.91 Å². The number of fused-ring (bicyclic) bond motifs is 3. The normalized spacial score (nSPS) is 15.9. The first kappa shape index (κ1) is 13.1. The smallest absolute Gasteiger partial charge is 0.255 e. The number of carbonyl (C=O) groups excluding carboxylic acids is 1. The van der Waals surface area contributed by atoms with Crippen molar-refractivity contribution in [2.24, 2.45) is 0 Å². The number of hydrogen-bond acceptors (Lipinski definition) is 2. The minimum atomic E-state index is -0.113. The van der Waals surface area contributed by atoms with E-state index in [1.54, 1.807) is 0 Å². The van der Waals surface area contributed by atoms with Gasteiger partial charge in [-0.2, -0.15) is 0 Å². The molecule has 0 aliphatic carbocycles. The molecule has 1 aliphatic rings. The number of para-hydroxylation sites is 2. The van der Waals surface area contributed by atoms with Crippen molar-refractivity contribution < 1.29 is 4.79 Å². The van der Waals surface area contributed by atoms with E-state index in [1.807, 2.05) is 59.2 Å². The molecule has 22 heavy (non-hydrogen) atoms. The van der Waals surface area contributed by atoms with Crippen molar-refractivity contribution in [2.45, 2.75) is 6.54 Å². The van der Waals surface area contributed by atoms with Gasteiger partial charge in [-0.3, -0.25) is 10.1 Å². The van der Waals surface area contributed by atoms with E-state index in [0.29, 0.717) is 23.1 Å². The molecule has 0 fully saturated rings. The maximum Gasteiger partial charge on any atom is 0.255 e. The highest BCUT2D eigenvalue weighted by Gasteiger charge is 2.22. The molecule has 4 nitrogen and oxygen atoms in total. The predicted octanol–water partition coefficient (Wildman–Crippen LogP) is 3.73. The van der Waals surface area contributed by atoms with Gasteiger partial charge in [-0.15, -0.1) is 0 Å². The Morgan fingerprint density at radius 3 is 2.73 bits per heavy atom. The van der Waals surface area contributed by atoms with Gasteiger partial charge in [-0.05, 0) is 35.9 Å². The molecule has 0 saturated heterocycles. The Hall–Kier alpha value is -2.59. The Morgan fingerprint density at radius 1 is 1.14 bits per heavy atom. The van der Waals surface area contributed by atoms with Crippen LogP contribution in [-0.2, 0) is 11.3 Å². The number of anilines is 1. The Kier molecular flexibility index (Phi) is 2.98. The molecule has 1 aliphatic heterocycles. The average molecular weight is 310 g/mol. The van der Waals surface area contributed by atoms with E-state index in [9.17, 15) is 4.79 Å². The van der Waals surface area contributed by atoms with Crippen LogP contribution in [-0.4, -0.2) is 15.5 Å². The first-order chi connectivity index (χ1) is 10.7. The van der Waals surface area contributed by atoms with Crippen LogP contribution in [0.4, 0.5) is 5.95 Å². The van der Waals surface area contributed by atoms with Crippen LogP contribution >= 0.6 is 11.6 Å². The standard InChI is InChI=1S/C17H12ClN3O/c18-13-7-5-11(6-8-13)9-12-10-21-15-4-2-1-3-14(15)19-17(21)20-16(12)22/h1-9H,10H2,(H,19,20,22)/b12-9+. The van der Waals surface area contributed by atoms with E-state index in [-0.39, 0.29) is 5.91 Å². The zero-order chi connectivity index (χ0) is 15.1. The van der Waals surface area contributed by atoms with E-state index in [4.69, 9.17) is 11.6 Å². The molecule has 4 rings (SSSR count). The van der Waals surface area contributed by atoms with Crippen molar-refractivity contribution in [1.82, 2.24) is 9.55 Å². The molecule has 2 heterocycles. The fraction of sp³-hybridized carbons (Fsp3) is 0.0588. The van der Waals surface area contributed by atoms with Crippen LogP contribution in [0.5, 0.6) is 0 Å². The number of benzene rings is 2. The van der Waals surface area contributed by atoms with Crippen molar-refractivity contribution in [2.75, 3.05) is 5.32 Å². The summed E-state index contributed by atoms with van der Waals surface area (Å²) < 4.78 is 2.01. The molecule has 0 radical (unpaired) electrons. The van der Waals surface area contributed by atoms with Gasteiger partial charge in [-0.25, -0.2) is 4.98 Å². The summed E-state index contributed by atoms with van der Waals surface area (Å²) >= 11 is 5.89. The number of aromatic nitrogens is 2. The fourth-order valence-corrected chi connectivity index (χ4v) is 2.75. The molecular weight excluding hydrogens is 298 g/mol. The lowest BCUT2D eigenvalue weighted by Gasteiger charge is -2.18. The van der Waals surface area contributed by atoms with Gasteiger partial charge >= 0.3 is 0 Å². The van der Waals surface area contributed by atoms with Crippen molar-refractivity contribution >= 4 is 40.6 Å². The lowest BCUT2D eigenvalue weighted by Crippen LogP contribution is -2.26. The van der Waals surface area contributed by atoms with Gasteiger partial charge < -0.3 is 4.57 Å². The number of rotatable bonds is 1. The van der Waals surface area contributed by atoms with Crippen LogP contribution in [0.3, 0.4) is 0 Å². The number of imidazole rings is 1. The molecule has 5 heteroatoms. The Labute approximate surface area is 132 Å². The maximum atomic E-state index is 12.2. The summed E-state index contributed by atoms with van der Waals surface area (Å²) in [6.45, 7) is 0.504. The van der Waals surface area contributed by atoms with E-state index in [0.717, 1.165) is 16.6 Å². The molecule has 108 valence electrons. The van der Waals surface area contributed by atoms with Gasteiger partial charge in [0.05, 0.1) is 17.6 Å². The first-order valence-electron chi connectivity index (χ1n) is 6.93. The Morgan fingerprint density at radius 2 is 1.91 bits per heavy atom. The summed E-state index contributed by atoms with van der Waals surface area (Å²) in [7, 11) is 0. The van der Waals surface area contributed by atoms with Gasteiger partial charge in [-0.1, -0.05) is 35.9 Å². The minimum absolute atomic E-state index is 0.113. The fourth-order valence-electron chi connectivity index (χ4n) is 2.63. The van der Waals surface area contributed by atoms with Crippen molar-refractivity contribution in [1.29, 1.82) is 0 Å². The second kappa shape index (κ2) is 5.00. The Bertz CT molecular complexity index is 909. The second-order valence-electron chi connectivity index (χ2n) is 5.19. The number of nitrogens with zero attached hydrogens (tertiary/aromatic N) is 2. The van der Waals surface area contributed by atoms with Crippen molar-refractivity contribution in [3.8, 4) is 0 Å². The average Bonchev–Trinajstić information content (AvgIpc) is 2.87. The molecule has 0 saturated carbocycles. The van der Waals surface area contributed by atoms with Crippen LogP contribution in [0.2, 0.25) is 5.02 Å². The molecular formula is C17H12ClN3O. The van der Waals surface area contributed by atoms with Crippen LogP contribution in [0.1, 0.15) is 5.56 Å². The van der Waals surface area contributed by atoms with Crippen LogP contribution < -0.4 is 5.32 Å². The summed E-state index contributed by atoms with van der Waals surface area (Å²) in [6, 6.07) is 15.3. The minimum Gasteiger partial charge on any atom is -0.305 e. The lowest BCUT2D eigenvalue weighted by atomic mass is 10.1. The van der Waals surface area contributed by atoms with E-state index >= 15 is 0 Å².